The zero-order valence-electron chi connectivity index (χ0n) is 14.8. The molecule has 0 N–H and O–H groups in total. The summed E-state index contributed by atoms with van der Waals surface area (Å²) in [6, 6.07) is 18.7. The highest BCUT2D eigenvalue weighted by Crippen LogP contribution is 2.18. The lowest BCUT2D eigenvalue weighted by Gasteiger charge is -2.28. The van der Waals surface area contributed by atoms with Crippen LogP contribution in [-0.2, 0) is 4.74 Å². The smallest absolute Gasteiger partial charge is 0.258 e. The third-order valence-corrected chi connectivity index (χ3v) is 4.51. The molecule has 1 heterocycles. The molecule has 2 aromatic carbocycles. The van der Waals surface area contributed by atoms with Gasteiger partial charge in [0.05, 0.1) is 24.8 Å². The number of para-hydroxylation sites is 1. The van der Waals surface area contributed by atoms with Crippen LogP contribution >= 0.6 is 0 Å². The van der Waals surface area contributed by atoms with Gasteiger partial charge >= 0.3 is 0 Å². The summed E-state index contributed by atoms with van der Waals surface area (Å²) >= 11 is 0. The summed E-state index contributed by atoms with van der Waals surface area (Å²) in [4.78, 5) is 17.2. The van der Waals surface area contributed by atoms with E-state index in [1.807, 2.05) is 30.3 Å². The van der Waals surface area contributed by atoms with E-state index in [2.05, 4.69) is 11.0 Å². The van der Waals surface area contributed by atoms with Gasteiger partial charge in [0.1, 0.15) is 0 Å². The van der Waals surface area contributed by atoms with Crippen molar-refractivity contribution < 1.29 is 9.53 Å². The van der Waals surface area contributed by atoms with E-state index in [1.54, 1.807) is 29.2 Å². The molecule has 0 spiro atoms. The molecule has 134 valence electrons. The number of carbonyl (C=O) groups is 1. The van der Waals surface area contributed by atoms with E-state index in [4.69, 9.17) is 10.00 Å². The third kappa shape index (κ3) is 4.69. The predicted octanol–water partition coefficient (Wildman–Crippen LogP) is 2.93. The van der Waals surface area contributed by atoms with Crippen LogP contribution in [0.3, 0.4) is 0 Å². The predicted molar refractivity (Wildman–Crippen MR) is 101 cm³/mol. The maximum atomic E-state index is 13.1. The number of nitriles is 1. The van der Waals surface area contributed by atoms with E-state index in [0.29, 0.717) is 17.7 Å². The third-order valence-electron chi connectivity index (χ3n) is 4.51. The minimum absolute atomic E-state index is 0.0738. The van der Waals surface area contributed by atoms with Crippen LogP contribution in [0.2, 0.25) is 0 Å². The normalized spacial score (nSPS) is 14.6. The molecular weight excluding hydrogens is 326 g/mol. The number of nitrogens with zero attached hydrogens (tertiary/aromatic N) is 3. The Bertz CT molecular complexity index is 764. The van der Waals surface area contributed by atoms with Crippen LogP contribution in [0.25, 0.3) is 0 Å². The fraction of sp³-hybridized carbons (Fsp3) is 0.333. The molecule has 3 rings (SSSR count). The summed E-state index contributed by atoms with van der Waals surface area (Å²) in [6.07, 6.45) is 0.887. The molecule has 2 aromatic rings. The first-order chi connectivity index (χ1) is 12.8. The van der Waals surface area contributed by atoms with Crippen LogP contribution in [0.1, 0.15) is 22.3 Å². The van der Waals surface area contributed by atoms with Gasteiger partial charge in [0.2, 0.25) is 0 Å². The van der Waals surface area contributed by atoms with Gasteiger partial charge in [-0.2, -0.15) is 5.26 Å². The summed E-state index contributed by atoms with van der Waals surface area (Å²) in [6.45, 7) is 5.03. The molecule has 1 fully saturated rings. The van der Waals surface area contributed by atoms with Crippen LogP contribution < -0.4 is 4.90 Å². The molecule has 0 saturated carbocycles. The summed E-state index contributed by atoms with van der Waals surface area (Å²) in [5, 5.41) is 9.09. The zero-order chi connectivity index (χ0) is 18.2. The highest BCUT2D eigenvalue weighted by atomic mass is 16.5. The number of morpholine rings is 1. The topological polar surface area (TPSA) is 56.6 Å². The fourth-order valence-corrected chi connectivity index (χ4v) is 3.11. The molecule has 0 radical (unpaired) electrons. The second kappa shape index (κ2) is 9.14. The molecule has 1 amide bonds. The largest absolute Gasteiger partial charge is 0.379 e. The first kappa shape index (κ1) is 18.1. The van der Waals surface area contributed by atoms with Crippen molar-refractivity contribution in [2.75, 3.05) is 44.3 Å². The maximum absolute atomic E-state index is 13.1. The Hall–Kier alpha value is -2.68. The van der Waals surface area contributed by atoms with Crippen molar-refractivity contribution in [3.63, 3.8) is 0 Å². The van der Waals surface area contributed by atoms with E-state index in [-0.39, 0.29) is 5.91 Å². The summed E-state index contributed by atoms with van der Waals surface area (Å²) in [5.41, 5.74) is 1.92. The molecule has 5 nitrogen and oxygen atoms in total. The number of anilines is 1. The van der Waals surface area contributed by atoms with Crippen molar-refractivity contribution in [1.82, 2.24) is 4.90 Å². The lowest BCUT2D eigenvalue weighted by Crippen LogP contribution is -2.39. The molecule has 0 aromatic heterocycles. The minimum Gasteiger partial charge on any atom is -0.379 e. The highest BCUT2D eigenvalue weighted by molar-refractivity contribution is 6.06. The van der Waals surface area contributed by atoms with Crippen molar-refractivity contribution in [1.29, 1.82) is 5.26 Å². The summed E-state index contributed by atoms with van der Waals surface area (Å²) < 4.78 is 5.38. The number of hydrogen-bond acceptors (Lipinski definition) is 4. The lowest BCUT2D eigenvalue weighted by atomic mass is 10.1. The van der Waals surface area contributed by atoms with Crippen LogP contribution in [0, 0.1) is 11.3 Å². The van der Waals surface area contributed by atoms with Gasteiger partial charge in [-0.3, -0.25) is 9.69 Å². The van der Waals surface area contributed by atoms with Crippen LogP contribution in [0.5, 0.6) is 0 Å². The van der Waals surface area contributed by atoms with Gasteiger partial charge in [-0.15, -0.1) is 0 Å². The molecule has 0 aliphatic carbocycles. The van der Waals surface area contributed by atoms with E-state index in [0.717, 1.165) is 45.0 Å². The Morgan fingerprint density at radius 1 is 1.12 bits per heavy atom. The van der Waals surface area contributed by atoms with E-state index in [9.17, 15) is 4.79 Å². The Morgan fingerprint density at radius 3 is 2.62 bits per heavy atom. The van der Waals surface area contributed by atoms with Gasteiger partial charge in [0.25, 0.3) is 5.91 Å². The molecule has 0 atom stereocenters. The summed E-state index contributed by atoms with van der Waals surface area (Å²) in [7, 11) is 0. The van der Waals surface area contributed by atoms with Gasteiger partial charge in [0, 0.05) is 37.4 Å². The average Bonchev–Trinajstić information content (AvgIpc) is 2.72. The number of amides is 1. The van der Waals surface area contributed by atoms with E-state index in [1.165, 1.54) is 0 Å². The number of rotatable bonds is 6. The summed E-state index contributed by atoms with van der Waals surface area (Å²) in [5.74, 6) is -0.0738. The molecule has 26 heavy (non-hydrogen) atoms. The zero-order valence-corrected chi connectivity index (χ0v) is 14.8. The molecule has 1 aliphatic heterocycles. The quantitative estimate of drug-likeness (QED) is 0.805. The first-order valence-electron chi connectivity index (χ1n) is 8.95. The van der Waals surface area contributed by atoms with Gasteiger partial charge < -0.3 is 9.64 Å². The lowest BCUT2D eigenvalue weighted by molar-refractivity contribution is 0.0376. The first-order valence-corrected chi connectivity index (χ1v) is 8.95. The standard InChI is InChI=1S/C21H23N3O2/c22-17-18-6-4-7-19(16-18)21(25)24(20-8-2-1-3-9-20)11-5-10-23-12-14-26-15-13-23/h1-4,6-9,16H,5,10-15H2. The van der Waals surface area contributed by atoms with Crippen molar-refractivity contribution in [3.05, 3.63) is 65.7 Å². The minimum atomic E-state index is -0.0738. The number of benzene rings is 2. The van der Waals surface area contributed by atoms with Crippen molar-refractivity contribution in [2.24, 2.45) is 0 Å². The van der Waals surface area contributed by atoms with Gasteiger partial charge in [0.15, 0.2) is 0 Å². The number of ether oxygens (including phenoxy) is 1. The van der Waals surface area contributed by atoms with Crippen LogP contribution in [0.15, 0.2) is 54.6 Å². The molecule has 0 bridgehead atoms. The average molecular weight is 349 g/mol. The van der Waals surface area contributed by atoms with Gasteiger partial charge in [-0.25, -0.2) is 0 Å². The number of carbonyl (C=O) groups excluding carboxylic acids is 1. The Labute approximate surface area is 154 Å². The van der Waals surface area contributed by atoms with Crippen LogP contribution in [0.4, 0.5) is 5.69 Å². The van der Waals surface area contributed by atoms with Crippen LogP contribution in [-0.4, -0.2) is 50.2 Å². The Kier molecular flexibility index (Phi) is 6.37. The van der Waals surface area contributed by atoms with Crippen molar-refractivity contribution >= 4 is 11.6 Å². The molecule has 5 heteroatoms. The van der Waals surface area contributed by atoms with E-state index >= 15 is 0 Å². The Balaban J connectivity index is 1.72. The van der Waals surface area contributed by atoms with E-state index < -0.39 is 0 Å². The fourth-order valence-electron chi connectivity index (χ4n) is 3.11. The second-order valence-corrected chi connectivity index (χ2v) is 6.29. The van der Waals surface area contributed by atoms with Crippen molar-refractivity contribution in [3.8, 4) is 6.07 Å². The van der Waals surface area contributed by atoms with Crippen molar-refractivity contribution in [2.45, 2.75) is 6.42 Å². The SMILES string of the molecule is N#Cc1cccc(C(=O)N(CCCN2CCOCC2)c2ccccc2)c1. The number of hydrogen-bond donors (Lipinski definition) is 0. The molecule has 1 saturated heterocycles. The molecule has 0 unspecified atom stereocenters. The highest BCUT2D eigenvalue weighted by Gasteiger charge is 2.18. The van der Waals surface area contributed by atoms with Gasteiger partial charge in [-0.1, -0.05) is 24.3 Å². The molecular formula is C21H23N3O2. The monoisotopic (exact) mass is 349 g/mol. The maximum Gasteiger partial charge on any atom is 0.258 e. The molecule has 1 aliphatic rings. The second-order valence-electron chi connectivity index (χ2n) is 6.29. The van der Waals surface area contributed by atoms with Gasteiger partial charge in [-0.05, 0) is 36.8 Å². The Morgan fingerprint density at radius 2 is 1.88 bits per heavy atom.